The van der Waals surface area contributed by atoms with Gasteiger partial charge in [-0.1, -0.05) is 38.1 Å². The summed E-state index contributed by atoms with van der Waals surface area (Å²) in [6, 6.07) is 13.7. The summed E-state index contributed by atoms with van der Waals surface area (Å²) in [5.74, 6) is 1.32. The Morgan fingerprint density at radius 2 is 1.90 bits per heavy atom. The first-order chi connectivity index (χ1) is 15.0. The molecule has 6 heteroatoms. The molecule has 2 amide bonds. The molecule has 1 aliphatic rings. The number of rotatable bonds is 9. The summed E-state index contributed by atoms with van der Waals surface area (Å²) < 4.78 is 10.6. The van der Waals surface area contributed by atoms with Crippen molar-refractivity contribution in [3.8, 4) is 11.5 Å². The summed E-state index contributed by atoms with van der Waals surface area (Å²) in [6.07, 6.45) is 1.92. The highest BCUT2D eigenvalue weighted by Crippen LogP contribution is 2.33. The highest BCUT2D eigenvalue weighted by molar-refractivity contribution is 6.00. The highest BCUT2D eigenvalue weighted by atomic mass is 16.5. The molecule has 3 rings (SSSR count). The van der Waals surface area contributed by atoms with Gasteiger partial charge < -0.3 is 19.7 Å². The lowest BCUT2D eigenvalue weighted by atomic mass is 9.96. The van der Waals surface area contributed by atoms with E-state index in [0.717, 1.165) is 23.2 Å². The molecule has 0 aliphatic carbocycles. The van der Waals surface area contributed by atoms with Crippen molar-refractivity contribution in [2.24, 2.45) is 5.92 Å². The van der Waals surface area contributed by atoms with Gasteiger partial charge in [-0.25, -0.2) is 0 Å². The van der Waals surface area contributed by atoms with E-state index in [9.17, 15) is 9.59 Å². The number of ether oxygens (including phenoxy) is 2. The van der Waals surface area contributed by atoms with Gasteiger partial charge in [0.15, 0.2) is 11.5 Å². The van der Waals surface area contributed by atoms with E-state index >= 15 is 0 Å². The van der Waals surface area contributed by atoms with E-state index in [1.165, 1.54) is 0 Å². The fourth-order valence-electron chi connectivity index (χ4n) is 4.00. The molecule has 0 spiro atoms. The topological polar surface area (TPSA) is 67.9 Å². The largest absolute Gasteiger partial charge is 0.493 e. The third-order valence-corrected chi connectivity index (χ3v) is 6.03. The third-order valence-electron chi connectivity index (χ3n) is 6.03. The zero-order valence-electron chi connectivity index (χ0n) is 18.8. The Kier molecular flexibility index (Phi) is 7.55. The molecule has 2 aromatic rings. The predicted molar refractivity (Wildman–Crippen MR) is 122 cm³/mol. The van der Waals surface area contributed by atoms with Crippen LogP contribution in [-0.4, -0.2) is 39.1 Å². The number of carbonyl (C=O) groups is 2. The molecule has 1 N–H and O–H groups in total. The number of nitrogens with one attached hydrogen (secondary N) is 1. The van der Waals surface area contributed by atoms with Gasteiger partial charge in [-0.15, -0.1) is 0 Å². The zero-order valence-corrected chi connectivity index (χ0v) is 18.8. The fourth-order valence-corrected chi connectivity index (χ4v) is 4.00. The van der Waals surface area contributed by atoms with Crippen LogP contribution < -0.4 is 19.7 Å². The van der Waals surface area contributed by atoms with E-state index in [1.807, 2.05) is 36.4 Å². The number of hydrogen-bond acceptors (Lipinski definition) is 4. The molecule has 6 nitrogen and oxygen atoms in total. The van der Waals surface area contributed by atoms with Crippen LogP contribution in [0.2, 0.25) is 0 Å². The lowest BCUT2D eigenvalue weighted by molar-refractivity contribution is -0.126. The maximum Gasteiger partial charge on any atom is 0.227 e. The van der Waals surface area contributed by atoms with Crippen LogP contribution in [-0.2, 0) is 16.0 Å². The molecule has 31 heavy (non-hydrogen) atoms. The summed E-state index contributed by atoms with van der Waals surface area (Å²) >= 11 is 0. The Morgan fingerprint density at radius 3 is 2.61 bits per heavy atom. The normalized spacial score (nSPS) is 16.8. The van der Waals surface area contributed by atoms with Crippen LogP contribution in [0.4, 0.5) is 5.69 Å². The van der Waals surface area contributed by atoms with Gasteiger partial charge in [0, 0.05) is 25.2 Å². The molecule has 0 unspecified atom stereocenters. The first-order valence-corrected chi connectivity index (χ1v) is 10.9. The van der Waals surface area contributed by atoms with Gasteiger partial charge in [0.2, 0.25) is 11.8 Å². The summed E-state index contributed by atoms with van der Waals surface area (Å²) in [5, 5.41) is 2.99. The molecule has 0 aromatic heterocycles. The van der Waals surface area contributed by atoms with E-state index in [-0.39, 0.29) is 24.2 Å². The second-order valence-electron chi connectivity index (χ2n) is 8.00. The summed E-state index contributed by atoms with van der Waals surface area (Å²) in [7, 11) is 3.21. The number of hydrogen-bond donors (Lipinski definition) is 1. The molecule has 1 saturated heterocycles. The van der Waals surface area contributed by atoms with E-state index in [2.05, 4.69) is 25.2 Å². The van der Waals surface area contributed by atoms with Crippen LogP contribution >= 0.6 is 0 Å². The Morgan fingerprint density at radius 1 is 1.16 bits per heavy atom. The molecule has 1 fully saturated rings. The monoisotopic (exact) mass is 424 g/mol. The number of methoxy groups -OCH3 is 2. The lowest BCUT2D eigenvalue weighted by Gasteiger charge is -2.23. The van der Waals surface area contributed by atoms with Crippen molar-refractivity contribution < 1.29 is 19.1 Å². The van der Waals surface area contributed by atoms with E-state index < -0.39 is 0 Å². The number of benzene rings is 2. The number of amides is 2. The number of carbonyl (C=O) groups excluding carboxylic acids is 2. The highest BCUT2D eigenvalue weighted by Gasteiger charge is 2.36. The molecule has 2 aromatic carbocycles. The Hall–Kier alpha value is -3.02. The number of anilines is 1. The third kappa shape index (κ3) is 5.19. The molecular formula is C25H32N2O4. The summed E-state index contributed by atoms with van der Waals surface area (Å²) in [4.78, 5) is 27.2. The standard InChI is InChI=1S/C25H32N2O4/c1-5-17(2)20-8-6-7-9-21(20)27-16-19(15-24(27)28)25(29)26-13-12-18-10-11-22(30-3)23(14-18)31-4/h6-11,14,17,19H,5,12-13,15-16H2,1-4H3,(H,26,29)/t17-,19-/m1/s1. The lowest BCUT2D eigenvalue weighted by Crippen LogP contribution is -2.34. The second-order valence-corrected chi connectivity index (χ2v) is 8.00. The van der Waals surface area contributed by atoms with Crippen molar-refractivity contribution in [2.45, 2.75) is 39.0 Å². The molecular weight excluding hydrogens is 392 g/mol. The maximum absolute atomic E-state index is 12.7. The van der Waals surface area contributed by atoms with Crippen LogP contribution in [0.3, 0.4) is 0 Å². The van der Waals surface area contributed by atoms with E-state index in [1.54, 1.807) is 19.1 Å². The number of para-hydroxylation sites is 1. The van der Waals surface area contributed by atoms with Crippen LogP contribution in [0, 0.1) is 5.92 Å². The smallest absolute Gasteiger partial charge is 0.227 e. The van der Waals surface area contributed by atoms with Crippen LogP contribution in [0.25, 0.3) is 0 Å². The summed E-state index contributed by atoms with van der Waals surface area (Å²) in [5.41, 5.74) is 3.14. The molecule has 0 radical (unpaired) electrons. The van der Waals surface area contributed by atoms with Gasteiger partial charge in [-0.3, -0.25) is 9.59 Å². The zero-order chi connectivity index (χ0) is 22.4. The molecule has 166 valence electrons. The quantitative estimate of drug-likeness (QED) is 0.662. The number of nitrogens with zero attached hydrogens (tertiary/aromatic N) is 1. The molecule has 0 bridgehead atoms. The molecule has 1 heterocycles. The minimum absolute atomic E-state index is 0.00999. The van der Waals surface area contributed by atoms with Crippen LogP contribution in [0.15, 0.2) is 42.5 Å². The molecule has 1 aliphatic heterocycles. The first kappa shape index (κ1) is 22.7. The van der Waals surface area contributed by atoms with Crippen molar-refractivity contribution in [1.29, 1.82) is 0 Å². The van der Waals surface area contributed by atoms with Crippen molar-refractivity contribution in [2.75, 3.05) is 32.2 Å². The first-order valence-electron chi connectivity index (χ1n) is 10.9. The van der Waals surface area contributed by atoms with Gasteiger partial charge in [0.1, 0.15) is 0 Å². The fraction of sp³-hybridized carbons (Fsp3) is 0.440. The van der Waals surface area contributed by atoms with Gasteiger partial charge in [0.25, 0.3) is 0 Å². The van der Waals surface area contributed by atoms with Crippen molar-refractivity contribution in [3.63, 3.8) is 0 Å². The molecule has 2 atom stereocenters. The predicted octanol–water partition coefficient (Wildman–Crippen LogP) is 3.93. The van der Waals surface area contributed by atoms with Crippen LogP contribution in [0.1, 0.15) is 43.7 Å². The average molecular weight is 425 g/mol. The average Bonchev–Trinajstić information content (AvgIpc) is 3.19. The Labute approximate surface area is 184 Å². The minimum atomic E-state index is -0.331. The molecule has 0 saturated carbocycles. The summed E-state index contributed by atoms with van der Waals surface area (Å²) in [6.45, 7) is 5.23. The Bertz CT molecular complexity index is 927. The van der Waals surface area contributed by atoms with Gasteiger partial charge >= 0.3 is 0 Å². The van der Waals surface area contributed by atoms with Crippen LogP contribution in [0.5, 0.6) is 11.5 Å². The minimum Gasteiger partial charge on any atom is -0.493 e. The maximum atomic E-state index is 12.7. The Balaban J connectivity index is 1.59. The SMILES string of the molecule is CC[C@@H](C)c1ccccc1N1C[C@H](C(=O)NCCc2ccc(OC)c(OC)c2)CC1=O. The van der Waals surface area contributed by atoms with Gasteiger partial charge in [-0.05, 0) is 48.1 Å². The van der Waals surface area contributed by atoms with E-state index in [4.69, 9.17) is 9.47 Å². The van der Waals surface area contributed by atoms with Gasteiger partial charge in [-0.2, -0.15) is 0 Å². The van der Waals surface area contributed by atoms with Crippen molar-refractivity contribution >= 4 is 17.5 Å². The van der Waals surface area contributed by atoms with Crippen molar-refractivity contribution in [3.05, 3.63) is 53.6 Å². The van der Waals surface area contributed by atoms with Gasteiger partial charge in [0.05, 0.1) is 20.1 Å². The van der Waals surface area contributed by atoms with E-state index in [0.29, 0.717) is 36.9 Å². The second kappa shape index (κ2) is 10.3. The van der Waals surface area contributed by atoms with Crippen molar-refractivity contribution in [1.82, 2.24) is 5.32 Å².